The first-order valence-corrected chi connectivity index (χ1v) is 4.96. The highest BCUT2D eigenvalue weighted by atomic mass is 16.5. The quantitative estimate of drug-likeness (QED) is 0.793. The monoisotopic (exact) mass is 192 g/mol. The first-order chi connectivity index (χ1) is 6.70. The number of methoxy groups -OCH3 is 1. The zero-order valence-corrected chi connectivity index (χ0v) is 8.66. The number of ether oxygens (including phenoxy) is 1. The maximum atomic E-state index is 9.08. The first kappa shape index (κ1) is 9.53. The molecular formula is C12H16O2. The maximum absolute atomic E-state index is 9.08. The van der Waals surface area contributed by atoms with Crippen molar-refractivity contribution in [2.24, 2.45) is 5.92 Å². The average Bonchev–Trinajstić information content (AvgIpc) is 2.91. The van der Waals surface area contributed by atoms with Gasteiger partial charge in [0.05, 0.1) is 7.11 Å². The van der Waals surface area contributed by atoms with E-state index in [1.165, 1.54) is 5.56 Å². The summed E-state index contributed by atoms with van der Waals surface area (Å²) in [6.07, 6.45) is 1.09. The summed E-state index contributed by atoms with van der Waals surface area (Å²) in [4.78, 5) is 0. The van der Waals surface area contributed by atoms with Gasteiger partial charge in [-0.3, -0.25) is 0 Å². The second-order valence-electron chi connectivity index (χ2n) is 4.23. The standard InChI is InChI=1S/C12H16O2/c1-12(7-10(12)8-13)9-3-5-11(14-2)6-4-9/h3-6,10,13H,7-8H2,1-2H3. The van der Waals surface area contributed by atoms with E-state index in [9.17, 15) is 0 Å². The van der Waals surface area contributed by atoms with Crippen molar-refractivity contribution in [3.63, 3.8) is 0 Å². The number of hydrogen-bond donors (Lipinski definition) is 1. The Labute approximate surface area is 84.5 Å². The zero-order chi connectivity index (χ0) is 10.2. The van der Waals surface area contributed by atoms with Gasteiger partial charge < -0.3 is 9.84 Å². The molecule has 0 saturated heterocycles. The molecule has 1 aromatic rings. The Balaban J connectivity index is 2.18. The number of benzene rings is 1. The average molecular weight is 192 g/mol. The predicted octanol–water partition coefficient (Wildman–Crippen LogP) is 1.97. The molecule has 2 heteroatoms. The highest BCUT2D eigenvalue weighted by Crippen LogP contribution is 2.53. The summed E-state index contributed by atoms with van der Waals surface area (Å²) in [5, 5.41) is 9.08. The topological polar surface area (TPSA) is 29.5 Å². The molecular weight excluding hydrogens is 176 g/mol. The van der Waals surface area contributed by atoms with Crippen LogP contribution in [0.15, 0.2) is 24.3 Å². The van der Waals surface area contributed by atoms with Crippen molar-refractivity contribution >= 4 is 0 Å². The van der Waals surface area contributed by atoms with E-state index in [0.29, 0.717) is 12.5 Å². The molecule has 0 aromatic heterocycles. The third-order valence-corrected chi connectivity index (χ3v) is 3.38. The molecule has 0 aliphatic heterocycles. The Morgan fingerprint density at radius 1 is 1.43 bits per heavy atom. The van der Waals surface area contributed by atoms with Crippen LogP contribution in [-0.4, -0.2) is 18.8 Å². The van der Waals surface area contributed by atoms with E-state index in [2.05, 4.69) is 19.1 Å². The molecule has 2 atom stereocenters. The molecule has 2 rings (SSSR count). The van der Waals surface area contributed by atoms with E-state index in [4.69, 9.17) is 9.84 Å². The first-order valence-electron chi connectivity index (χ1n) is 4.96. The maximum Gasteiger partial charge on any atom is 0.118 e. The van der Waals surface area contributed by atoms with E-state index in [-0.39, 0.29) is 5.41 Å². The molecule has 1 saturated carbocycles. The Bertz CT molecular complexity index is 318. The van der Waals surface area contributed by atoms with Gasteiger partial charge in [-0.1, -0.05) is 19.1 Å². The lowest BCUT2D eigenvalue weighted by atomic mass is 9.96. The van der Waals surface area contributed by atoms with Crippen molar-refractivity contribution in [3.8, 4) is 5.75 Å². The van der Waals surface area contributed by atoms with Crippen molar-refractivity contribution < 1.29 is 9.84 Å². The van der Waals surface area contributed by atoms with Crippen LogP contribution in [-0.2, 0) is 5.41 Å². The molecule has 1 aliphatic carbocycles. The Morgan fingerprint density at radius 3 is 2.50 bits per heavy atom. The van der Waals surface area contributed by atoms with Gasteiger partial charge in [-0.2, -0.15) is 0 Å². The smallest absolute Gasteiger partial charge is 0.118 e. The second-order valence-corrected chi connectivity index (χ2v) is 4.23. The van der Waals surface area contributed by atoms with Crippen LogP contribution in [0.5, 0.6) is 5.75 Å². The van der Waals surface area contributed by atoms with E-state index in [1.807, 2.05) is 12.1 Å². The molecule has 1 aliphatic rings. The molecule has 1 N–H and O–H groups in total. The summed E-state index contributed by atoms with van der Waals surface area (Å²) in [7, 11) is 1.67. The summed E-state index contributed by atoms with van der Waals surface area (Å²) < 4.78 is 5.11. The van der Waals surface area contributed by atoms with Crippen LogP contribution in [0.3, 0.4) is 0 Å². The number of aliphatic hydroxyl groups excluding tert-OH is 1. The van der Waals surface area contributed by atoms with Crippen molar-refractivity contribution in [2.75, 3.05) is 13.7 Å². The lowest BCUT2D eigenvalue weighted by molar-refractivity contribution is 0.265. The van der Waals surface area contributed by atoms with E-state index in [1.54, 1.807) is 7.11 Å². The van der Waals surface area contributed by atoms with Crippen molar-refractivity contribution in [3.05, 3.63) is 29.8 Å². The third-order valence-electron chi connectivity index (χ3n) is 3.38. The Morgan fingerprint density at radius 2 is 2.07 bits per heavy atom. The van der Waals surface area contributed by atoms with E-state index >= 15 is 0 Å². The van der Waals surface area contributed by atoms with Crippen LogP contribution in [0, 0.1) is 5.92 Å². The molecule has 14 heavy (non-hydrogen) atoms. The van der Waals surface area contributed by atoms with Gasteiger partial charge >= 0.3 is 0 Å². The normalized spacial score (nSPS) is 30.1. The lowest BCUT2D eigenvalue weighted by Gasteiger charge is -2.11. The van der Waals surface area contributed by atoms with Gasteiger partial charge in [0, 0.05) is 6.61 Å². The number of hydrogen-bond acceptors (Lipinski definition) is 2. The minimum absolute atomic E-state index is 0.195. The van der Waals surface area contributed by atoms with Crippen molar-refractivity contribution in [1.29, 1.82) is 0 Å². The van der Waals surface area contributed by atoms with E-state index in [0.717, 1.165) is 12.2 Å². The highest BCUT2D eigenvalue weighted by Gasteiger charge is 2.50. The molecule has 0 radical (unpaired) electrons. The second kappa shape index (κ2) is 3.28. The minimum atomic E-state index is 0.195. The fourth-order valence-electron chi connectivity index (χ4n) is 2.04. The predicted molar refractivity (Wildman–Crippen MR) is 55.5 cm³/mol. The SMILES string of the molecule is COc1ccc(C2(C)CC2CO)cc1. The summed E-state index contributed by atoms with van der Waals surface area (Å²) in [5.74, 6) is 1.33. The zero-order valence-electron chi connectivity index (χ0n) is 8.66. The summed E-state index contributed by atoms with van der Waals surface area (Å²) in [6.45, 7) is 2.50. The van der Waals surface area contributed by atoms with Crippen molar-refractivity contribution in [1.82, 2.24) is 0 Å². The number of rotatable bonds is 3. The fraction of sp³-hybridized carbons (Fsp3) is 0.500. The van der Waals surface area contributed by atoms with Gasteiger partial charge in [-0.15, -0.1) is 0 Å². The van der Waals surface area contributed by atoms with Gasteiger partial charge in [0.2, 0.25) is 0 Å². The van der Waals surface area contributed by atoms with Crippen LogP contribution in [0.4, 0.5) is 0 Å². The van der Waals surface area contributed by atoms with Crippen LogP contribution in [0.1, 0.15) is 18.9 Å². The molecule has 2 unspecified atom stereocenters. The number of aliphatic hydroxyl groups is 1. The molecule has 1 fully saturated rings. The highest BCUT2D eigenvalue weighted by molar-refractivity contribution is 5.36. The summed E-state index contributed by atoms with van der Waals surface area (Å²) in [6, 6.07) is 8.14. The molecule has 0 bridgehead atoms. The lowest BCUT2D eigenvalue weighted by Crippen LogP contribution is -2.06. The van der Waals surface area contributed by atoms with Crippen molar-refractivity contribution in [2.45, 2.75) is 18.8 Å². The van der Waals surface area contributed by atoms with Crippen LogP contribution in [0.25, 0.3) is 0 Å². The fourth-order valence-corrected chi connectivity index (χ4v) is 2.04. The van der Waals surface area contributed by atoms with Crippen LogP contribution >= 0.6 is 0 Å². The molecule has 0 heterocycles. The molecule has 2 nitrogen and oxygen atoms in total. The third kappa shape index (κ3) is 1.40. The molecule has 76 valence electrons. The summed E-state index contributed by atoms with van der Waals surface area (Å²) in [5.41, 5.74) is 1.50. The Hall–Kier alpha value is -1.02. The van der Waals surface area contributed by atoms with Gasteiger partial charge in [0.25, 0.3) is 0 Å². The van der Waals surface area contributed by atoms with Crippen LogP contribution in [0.2, 0.25) is 0 Å². The van der Waals surface area contributed by atoms with Gasteiger partial charge in [-0.25, -0.2) is 0 Å². The summed E-state index contributed by atoms with van der Waals surface area (Å²) >= 11 is 0. The van der Waals surface area contributed by atoms with E-state index < -0.39 is 0 Å². The minimum Gasteiger partial charge on any atom is -0.497 e. The molecule has 0 spiro atoms. The molecule has 1 aromatic carbocycles. The van der Waals surface area contributed by atoms with Gasteiger partial charge in [-0.05, 0) is 35.4 Å². The van der Waals surface area contributed by atoms with Gasteiger partial charge in [0.15, 0.2) is 0 Å². The largest absolute Gasteiger partial charge is 0.497 e. The van der Waals surface area contributed by atoms with Crippen LogP contribution < -0.4 is 4.74 Å². The van der Waals surface area contributed by atoms with Gasteiger partial charge in [0.1, 0.15) is 5.75 Å². The Kier molecular flexibility index (Phi) is 2.23. The molecule has 0 amide bonds.